The fourth-order valence-electron chi connectivity index (χ4n) is 2.56. The highest BCUT2D eigenvalue weighted by atomic mass is 14.9. The minimum absolute atomic E-state index is 0.766. The molecule has 0 aliphatic rings. The van der Waals surface area contributed by atoms with Crippen molar-refractivity contribution in [1.29, 1.82) is 0 Å². The van der Waals surface area contributed by atoms with E-state index in [2.05, 4.69) is 41.5 Å². The third kappa shape index (κ3) is 2.82. The van der Waals surface area contributed by atoms with Crippen LogP contribution in [0, 0.1) is 6.92 Å². The highest BCUT2D eigenvalue weighted by Gasteiger charge is 2.04. The Kier molecular flexibility index (Phi) is 3.73. The number of rotatable bonds is 4. The summed E-state index contributed by atoms with van der Waals surface area (Å²) < 4.78 is 0. The van der Waals surface area contributed by atoms with Crippen molar-refractivity contribution in [1.82, 2.24) is 4.98 Å². The molecule has 0 unspecified atom stereocenters. The lowest BCUT2D eigenvalue weighted by Crippen LogP contribution is -2.07. The molecule has 0 saturated heterocycles. The van der Waals surface area contributed by atoms with Crippen molar-refractivity contribution >= 4 is 22.3 Å². The van der Waals surface area contributed by atoms with Gasteiger partial charge >= 0.3 is 0 Å². The van der Waals surface area contributed by atoms with Crippen molar-refractivity contribution in [2.24, 2.45) is 0 Å². The maximum Gasteiger partial charge on any atom is 0.0953 e. The molecule has 0 atom stereocenters. The number of pyridine rings is 1. The predicted molar refractivity (Wildman–Crippen MR) is 89.5 cm³/mol. The molecule has 1 heterocycles. The van der Waals surface area contributed by atoms with Gasteiger partial charge in [0, 0.05) is 23.8 Å². The molecule has 0 aliphatic heterocycles. The number of benzene rings is 2. The molecule has 3 aromatic rings. The Hall–Kier alpha value is -2.55. The fourth-order valence-corrected chi connectivity index (χ4v) is 2.56. The van der Waals surface area contributed by atoms with Gasteiger partial charge in [-0.2, -0.15) is 0 Å². The van der Waals surface area contributed by atoms with Crippen molar-refractivity contribution in [3.05, 3.63) is 65.9 Å². The van der Waals surface area contributed by atoms with E-state index in [4.69, 9.17) is 5.73 Å². The van der Waals surface area contributed by atoms with E-state index in [1.807, 2.05) is 24.3 Å². The smallest absolute Gasteiger partial charge is 0.0953 e. The number of hydrogen-bond acceptors (Lipinski definition) is 3. The summed E-state index contributed by atoms with van der Waals surface area (Å²) in [6.45, 7) is 3.02. The molecule has 21 heavy (non-hydrogen) atoms. The van der Waals surface area contributed by atoms with Crippen LogP contribution in [0.4, 0.5) is 11.4 Å². The molecule has 2 aromatic carbocycles. The summed E-state index contributed by atoms with van der Waals surface area (Å²) in [6, 6.07) is 16.3. The molecule has 0 bridgehead atoms. The van der Waals surface area contributed by atoms with Gasteiger partial charge in [0.15, 0.2) is 0 Å². The van der Waals surface area contributed by atoms with E-state index in [1.165, 1.54) is 11.1 Å². The normalized spacial score (nSPS) is 10.7. The second kappa shape index (κ2) is 5.83. The lowest BCUT2D eigenvalue weighted by atomic mass is 10.1. The number of nitrogen functional groups attached to an aromatic ring is 1. The van der Waals surface area contributed by atoms with Gasteiger partial charge in [-0.1, -0.05) is 24.3 Å². The van der Waals surface area contributed by atoms with Crippen LogP contribution in [0.1, 0.15) is 11.1 Å². The van der Waals surface area contributed by atoms with Crippen LogP contribution in [0.2, 0.25) is 0 Å². The topological polar surface area (TPSA) is 50.9 Å². The highest BCUT2D eigenvalue weighted by molar-refractivity contribution is 5.98. The van der Waals surface area contributed by atoms with E-state index in [0.717, 1.165) is 35.2 Å². The van der Waals surface area contributed by atoms with Crippen LogP contribution >= 0.6 is 0 Å². The van der Waals surface area contributed by atoms with Crippen LogP contribution in [-0.4, -0.2) is 11.5 Å². The Morgan fingerprint density at radius 3 is 2.76 bits per heavy atom. The first kappa shape index (κ1) is 13.4. The maximum atomic E-state index is 6.00. The van der Waals surface area contributed by atoms with Gasteiger partial charge < -0.3 is 11.1 Å². The van der Waals surface area contributed by atoms with Crippen LogP contribution in [0.25, 0.3) is 10.9 Å². The summed E-state index contributed by atoms with van der Waals surface area (Å²) in [6.07, 6.45) is 2.79. The molecular formula is C18H19N3. The molecule has 106 valence electrons. The average Bonchev–Trinajstić information content (AvgIpc) is 2.52. The van der Waals surface area contributed by atoms with E-state index in [0.29, 0.717) is 0 Å². The van der Waals surface area contributed by atoms with Gasteiger partial charge in [-0.15, -0.1) is 0 Å². The summed E-state index contributed by atoms with van der Waals surface area (Å²) in [5.74, 6) is 0. The van der Waals surface area contributed by atoms with E-state index < -0.39 is 0 Å². The Bertz CT molecular complexity index is 765. The number of fused-ring (bicyclic) bond motifs is 1. The molecule has 3 N–H and O–H groups in total. The predicted octanol–water partition coefficient (Wildman–Crippen LogP) is 3.78. The van der Waals surface area contributed by atoms with E-state index >= 15 is 0 Å². The molecule has 0 amide bonds. The van der Waals surface area contributed by atoms with Crippen LogP contribution in [0.3, 0.4) is 0 Å². The standard InChI is InChI=1S/C18H19N3/c1-13-5-2-3-6-14(13)10-12-20-17-9-8-16(19)15-7-4-11-21-18(15)17/h2-9,11,20H,10,12,19H2,1H3. The van der Waals surface area contributed by atoms with Crippen LogP contribution in [0.15, 0.2) is 54.7 Å². The molecule has 3 rings (SSSR count). The monoisotopic (exact) mass is 277 g/mol. The number of anilines is 2. The molecule has 0 fully saturated rings. The van der Waals surface area contributed by atoms with Gasteiger partial charge in [0.2, 0.25) is 0 Å². The number of aryl methyl sites for hydroxylation is 1. The van der Waals surface area contributed by atoms with Gasteiger partial charge in [-0.05, 0) is 48.7 Å². The Morgan fingerprint density at radius 1 is 1.05 bits per heavy atom. The number of nitrogens with two attached hydrogens (primary N) is 1. The van der Waals surface area contributed by atoms with Crippen molar-refractivity contribution < 1.29 is 0 Å². The second-order valence-corrected chi connectivity index (χ2v) is 5.21. The summed E-state index contributed by atoms with van der Waals surface area (Å²) in [7, 11) is 0. The largest absolute Gasteiger partial charge is 0.398 e. The number of nitrogens with zero attached hydrogens (tertiary/aromatic N) is 1. The molecule has 0 spiro atoms. The van der Waals surface area contributed by atoms with Crippen molar-refractivity contribution in [3.8, 4) is 0 Å². The molecule has 0 radical (unpaired) electrons. The van der Waals surface area contributed by atoms with Gasteiger partial charge in [0.1, 0.15) is 0 Å². The maximum absolute atomic E-state index is 6.00. The summed E-state index contributed by atoms with van der Waals surface area (Å²) in [5.41, 5.74) is 11.4. The zero-order valence-corrected chi connectivity index (χ0v) is 12.1. The highest BCUT2D eigenvalue weighted by Crippen LogP contribution is 2.26. The summed E-state index contributed by atoms with van der Waals surface area (Å²) in [4.78, 5) is 4.44. The van der Waals surface area contributed by atoms with Crippen molar-refractivity contribution in [2.75, 3.05) is 17.6 Å². The zero-order chi connectivity index (χ0) is 14.7. The van der Waals surface area contributed by atoms with Gasteiger partial charge in [-0.25, -0.2) is 0 Å². The molecule has 1 aromatic heterocycles. The third-order valence-electron chi connectivity index (χ3n) is 3.77. The van der Waals surface area contributed by atoms with E-state index in [-0.39, 0.29) is 0 Å². The third-order valence-corrected chi connectivity index (χ3v) is 3.77. The quantitative estimate of drug-likeness (QED) is 0.713. The summed E-state index contributed by atoms with van der Waals surface area (Å²) >= 11 is 0. The Balaban J connectivity index is 1.77. The minimum Gasteiger partial charge on any atom is -0.398 e. The average molecular weight is 277 g/mol. The van der Waals surface area contributed by atoms with Crippen molar-refractivity contribution in [3.63, 3.8) is 0 Å². The Morgan fingerprint density at radius 2 is 1.90 bits per heavy atom. The fraction of sp³-hybridized carbons (Fsp3) is 0.167. The number of aromatic nitrogens is 1. The molecule has 0 saturated carbocycles. The molecule has 3 nitrogen and oxygen atoms in total. The lowest BCUT2D eigenvalue weighted by molar-refractivity contribution is 1.01. The first-order valence-corrected chi connectivity index (χ1v) is 7.17. The van der Waals surface area contributed by atoms with Gasteiger partial charge in [0.25, 0.3) is 0 Å². The van der Waals surface area contributed by atoms with Crippen LogP contribution < -0.4 is 11.1 Å². The second-order valence-electron chi connectivity index (χ2n) is 5.21. The first-order chi connectivity index (χ1) is 10.3. The van der Waals surface area contributed by atoms with Crippen LogP contribution in [0.5, 0.6) is 0 Å². The molecular weight excluding hydrogens is 258 g/mol. The first-order valence-electron chi connectivity index (χ1n) is 7.17. The Labute approximate surface area is 124 Å². The lowest BCUT2D eigenvalue weighted by Gasteiger charge is -2.11. The molecule has 3 heteroatoms. The van der Waals surface area contributed by atoms with Gasteiger partial charge in [-0.3, -0.25) is 4.98 Å². The molecule has 0 aliphatic carbocycles. The number of hydrogen-bond donors (Lipinski definition) is 2. The van der Waals surface area contributed by atoms with Gasteiger partial charge in [0.05, 0.1) is 11.2 Å². The van der Waals surface area contributed by atoms with E-state index in [9.17, 15) is 0 Å². The van der Waals surface area contributed by atoms with E-state index in [1.54, 1.807) is 6.20 Å². The summed E-state index contributed by atoms with van der Waals surface area (Å²) in [5, 5.41) is 4.47. The SMILES string of the molecule is Cc1ccccc1CCNc1ccc(N)c2cccnc12. The number of nitrogens with one attached hydrogen (secondary N) is 1. The van der Waals surface area contributed by atoms with Crippen molar-refractivity contribution in [2.45, 2.75) is 13.3 Å². The minimum atomic E-state index is 0.766. The van der Waals surface area contributed by atoms with Crippen LogP contribution in [-0.2, 0) is 6.42 Å². The zero-order valence-electron chi connectivity index (χ0n) is 12.1.